The van der Waals surface area contributed by atoms with Crippen molar-refractivity contribution in [3.05, 3.63) is 35.6 Å². The molecule has 0 aliphatic carbocycles. The largest absolute Gasteiger partial charge is 0.447 e. The molecule has 0 radical (unpaired) electrons. The van der Waals surface area contributed by atoms with Gasteiger partial charge in [-0.3, -0.25) is 0 Å². The van der Waals surface area contributed by atoms with Crippen LogP contribution in [0.3, 0.4) is 0 Å². The summed E-state index contributed by atoms with van der Waals surface area (Å²) in [5, 5.41) is 0. The van der Waals surface area contributed by atoms with Gasteiger partial charge in [-0.2, -0.15) is 0 Å². The van der Waals surface area contributed by atoms with Gasteiger partial charge in [-0.15, -0.1) is 0 Å². The summed E-state index contributed by atoms with van der Waals surface area (Å²) in [5.74, 6) is -0.330. The maximum absolute atomic E-state index is 12.7. The summed E-state index contributed by atoms with van der Waals surface area (Å²) in [4.78, 5) is 12.8. The van der Waals surface area contributed by atoms with Crippen molar-refractivity contribution in [1.82, 2.24) is 4.90 Å². The van der Waals surface area contributed by atoms with Crippen LogP contribution in [0.15, 0.2) is 24.3 Å². The Morgan fingerprint density at radius 3 is 2.53 bits per heavy atom. The van der Waals surface area contributed by atoms with Gasteiger partial charge in [0.2, 0.25) is 0 Å². The Kier molecular flexibility index (Phi) is 4.87. The number of amides is 1. The Morgan fingerprint density at radius 1 is 1.41 bits per heavy atom. The fraction of sp³-hybridized carbons (Fsp3) is 0.417. The van der Waals surface area contributed by atoms with E-state index in [9.17, 15) is 13.6 Å². The highest BCUT2D eigenvalue weighted by molar-refractivity contribution is 5.67. The van der Waals surface area contributed by atoms with Crippen LogP contribution in [0.1, 0.15) is 18.5 Å². The third-order valence-electron chi connectivity index (χ3n) is 2.52. The zero-order valence-electron chi connectivity index (χ0n) is 9.82. The van der Waals surface area contributed by atoms with Gasteiger partial charge in [-0.05, 0) is 24.6 Å². The lowest BCUT2D eigenvalue weighted by molar-refractivity contribution is 0.0936. The van der Waals surface area contributed by atoms with Crippen LogP contribution >= 0.6 is 0 Å². The molecular formula is C12H15F2NO2. The number of hydrogen-bond donors (Lipinski definition) is 0. The van der Waals surface area contributed by atoms with Crippen molar-refractivity contribution in [3.63, 3.8) is 0 Å². The number of benzene rings is 1. The molecule has 1 amide bonds. The van der Waals surface area contributed by atoms with E-state index in [2.05, 4.69) is 4.74 Å². The maximum atomic E-state index is 12.7. The molecule has 0 saturated heterocycles. The van der Waals surface area contributed by atoms with Crippen LogP contribution in [0.4, 0.5) is 13.6 Å². The van der Waals surface area contributed by atoms with Crippen LogP contribution in [0.25, 0.3) is 0 Å². The summed E-state index contributed by atoms with van der Waals surface area (Å²) in [6.45, 7) is 0.827. The van der Waals surface area contributed by atoms with E-state index in [-0.39, 0.29) is 18.5 Å². The van der Waals surface area contributed by atoms with E-state index >= 15 is 0 Å². The zero-order chi connectivity index (χ0) is 12.8. The number of alkyl halides is 1. The third-order valence-corrected chi connectivity index (χ3v) is 2.52. The molecule has 0 unspecified atom stereocenters. The SMILES string of the molecule is C[C@H](c1ccc(F)cc1)N(C)C(=O)OCCF. The second-order valence-corrected chi connectivity index (χ2v) is 3.64. The summed E-state index contributed by atoms with van der Waals surface area (Å²) in [7, 11) is 1.55. The van der Waals surface area contributed by atoms with Gasteiger partial charge >= 0.3 is 6.09 Å². The highest BCUT2D eigenvalue weighted by Gasteiger charge is 2.18. The van der Waals surface area contributed by atoms with Crippen molar-refractivity contribution in [2.45, 2.75) is 13.0 Å². The molecule has 0 aliphatic heterocycles. The van der Waals surface area contributed by atoms with Crippen LogP contribution < -0.4 is 0 Å². The Bertz CT molecular complexity index is 367. The molecule has 0 aliphatic rings. The highest BCUT2D eigenvalue weighted by atomic mass is 19.1. The molecule has 0 saturated carbocycles. The van der Waals surface area contributed by atoms with Crippen molar-refractivity contribution < 1.29 is 18.3 Å². The number of ether oxygens (including phenoxy) is 1. The van der Waals surface area contributed by atoms with Gasteiger partial charge in [0.15, 0.2) is 0 Å². The van der Waals surface area contributed by atoms with E-state index in [1.165, 1.54) is 17.0 Å². The van der Waals surface area contributed by atoms with Crippen LogP contribution in [-0.4, -0.2) is 31.3 Å². The quantitative estimate of drug-likeness (QED) is 0.813. The predicted octanol–water partition coefficient (Wildman–Crippen LogP) is 2.92. The molecular weight excluding hydrogens is 228 g/mol. The molecule has 94 valence electrons. The first-order valence-corrected chi connectivity index (χ1v) is 5.27. The third kappa shape index (κ3) is 3.69. The van der Waals surface area contributed by atoms with Crippen LogP contribution in [0, 0.1) is 5.82 Å². The molecule has 0 N–H and O–H groups in total. The molecule has 5 heteroatoms. The fourth-order valence-corrected chi connectivity index (χ4v) is 1.35. The molecule has 1 aromatic rings. The number of carbonyl (C=O) groups excluding carboxylic acids is 1. The zero-order valence-corrected chi connectivity index (χ0v) is 9.82. The predicted molar refractivity (Wildman–Crippen MR) is 59.9 cm³/mol. The highest BCUT2D eigenvalue weighted by Crippen LogP contribution is 2.19. The first-order valence-electron chi connectivity index (χ1n) is 5.27. The fourth-order valence-electron chi connectivity index (χ4n) is 1.35. The molecule has 3 nitrogen and oxygen atoms in total. The van der Waals surface area contributed by atoms with Gasteiger partial charge < -0.3 is 9.64 Å². The van der Waals surface area contributed by atoms with Crippen molar-refractivity contribution >= 4 is 6.09 Å². The summed E-state index contributed by atoms with van der Waals surface area (Å²) < 4.78 is 29.2. The topological polar surface area (TPSA) is 29.5 Å². The average Bonchev–Trinajstić information content (AvgIpc) is 2.35. The molecule has 0 fully saturated rings. The number of halogens is 2. The van der Waals surface area contributed by atoms with Crippen LogP contribution in [-0.2, 0) is 4.74 Å². The molecule has 17 heavy (non-hydrogen) atoms. The molecule has 1 rings (SSSR count). The summed E-state index contributed by atoms with van der Waals surface area (Å²) in [6.07, 6.45) is -0.598. The first-order chi connectivity index (χ1) is 8.06. The minimum absolute atomic E-state index is 0.251. The standard InChI is InChI=1S/C12H15F2NO2/c1-9(10-3-5-11(14)6-4-10)15(2)12(16)17-8-7-13/h3-6,9H,7-8H2,1-2H3/t9-/m1/s1. The van der Waals surface area contributed by atoms with Gasteiger partial charge in [0.25, 0.3) is 0 Å². The second kappa shape index (κ2) is 6.18. The monoisotopic (exact) mass is 243 g/mol. The number of rotatable bonds is 4. The number of carbonyl (C=O) groups is 1. The lowest BCUT2D eigenvalue weighted by Crippen LogP contribution is -2.30. The van der Waals surface area contributed by atoms with Crippen LogP contribution in [0.5, 0.6) is 0 Å². The van der Waals surface area contributed by atoms with Crippen molar-refractivity contribution in [2.75, 3.05) is 20.3 Å². The van der Waals surface area contributed by atoms with E-state index in [0.717, 1.165) is 5.56 Å². The molecule has 1 atom stereocenters. The summed E-state index contributed by atoms with van der Waals surface area (Å²) in [6, 6.07) is 5.58. The minimum Gasteiger partial charge on any atom is -0.447 e. The van der Waals surface area contributed by atoms with Gasteiger partial charge in [0.1, 0.15) is 19.1 Å². The maximum Gasteiger partial charge on any atom is 0.410 e. The van der Waals surface area contributed by atoms with Crippen LogP contribution in [0.2, 0.25) is 0 Å². The Morgan fingerprint density at radius 2 is 2.00 bits per heavy atom. The van der Waals surface area contributed by atoms with Crippen molar-refractivity contribution in [1.29, 1.82) is 0 Å². The molecule has 0 heterocycles. The Labute approximate surface area is 99.0 Å². The Balaban J connectivity index is 2.65. The summed E-state index contributed by atoms with van der Waals surface area (Å²) in [5.41, 5.74) is 0.783. The smallest absolute Gasteiger partial charge is 0.410 e. The van der Waals surface area contributed by atoms with E-state index in [0.29, 0.717) is 0 Å². The molecule has 0 aromatic heterocycles. The number of nitrogens with zero attached hydrogens (tertiary/aromatic N) is 1. The van der Waals surface area contributed by atoms with E-state index in [1.807, 2.05) is 0 Å². The normalized spacial score (nSPS) is 12.0. The van der Waals surface area contributed by atoms with Gasteiger partial charge in [-0.25, -0.2) is 13.6 Å². The molecule has 1 aromatic carbocycles. The lowest BCUT2D eigenvalue weighted by Gasteiger charge is -2.24. The van der Waals surface area contributed by atoms with E-state index in [1.54, 1.807) is 26.1 Å². The van der Waals surface area contributed by atoms with Gasteiger partial charge in [0.05, 0.1) is 6.04 Å². The van der Waals surface area contributed by atoms with Gasteiger partial charge in [-0.1, -0.05) is 12.1 Å². The van der Waals surface area contributed by atoms with Gasteiger partial charge in [0, 0.05) is 7.05 Å². The second-order valence-electron chi connectivity index (χ2n) is 3.64. The molecule has 0 bridgehead atoms. The van der Waals surface area contributed by atoms with E-state index < -0.39 is 12.8 Å². The number of hydrogen-bond acceptors (Lipinski definition) is 2. The average molecular weight is 243 g/mol. The van der Waals surface area contributed by atoms with Crippen molar-refractivity contribution in [3.8, 4) is 0 Å². The summed E-state index contributed by atoms with van der Waals surface area (Å²) >= 11 is 0. The lowest BCUT2D eigenvalue weighted by atomic mass is 10.1. The first kappa shape index (κ1) is 13.4. The molecule has 0 spiro atoms. The Hall–Kier alpha value is -1.65. The van der Waals surface area contributed by atoms with E-state index in [4.69, 9.17) is 0 Å². The minimum atomic E-state index is -0.704. The van der Waals surface area contributed by atoms with Crippen molar-refractivity contribution in [2.24, 2.45) is 0 Å².